The average molecular weight is 577 g/mol. The van der Waals surface area contributed by atoms with Crippen molar-refractivity contribution in [3.8, 4) is 11.3 Å². The molecule has 2 aromatic carbocycles. The van der Waals surface area contributed by atoms with Gasteiger partial charge in [0.2, 0.25) is 5.91 Å². The van der Waals surface area contributed by atoms with E-state index in [9.17, 15) is 4.79 Å². The van der Waals surface area contributed by atoms with E-state index in [2.05, 4.69) is 91.1 Å². The Balaban J connectivity index is 1.30. The lowest BCUT2D eigenvalue weighted by atomic mass is 9.82. The van der Waals surface area contributed by atoms with E-state index in [1.807, 2.05) is 17.3 Å². The van der Waals surface area contributed by atoms with Crippen molar-refractivity contribution in [2.75, 3.05) is 32.7 Å². The van der Waals surface area contributed by atoms with Crippen LogP contribution in [0.15, 0.2) is 65.9 Å². The molecule has 43 heavy (non-hydrogen) atoms. The first-order valence-corrected chi connectivity index (χ1v) is 15.7. The average Bonchev–Trinajstić information content (AvgIpc) is 3.77. The Kier molecular flexibility index (Phi) is 7.99. The summed E-state index contributed by atoms with van der Waals surface area (Å²) in [6, 6.07) is 17.4. The molecule has 3 N–H and O–H groups in total. The lowest BCUT2D eigenvalue weighted by Gasteiger charge is -2.29. The predicted octanol–water partition coefficient (Wildman–Crippen LogP) is 6.09. The van der Waals surface area contributed by atoms with Crippen LogP contribution in [-0.2, 0) is 16.6 Å². The van der Waals surface area contributed by atoms with Crippen molar-refractivity contribution in [2.45, 2.75) is 64.7 Å². The summed E-state index contributed by atoms with van der Waals surface area (Å²) in [5, 5.41) is 1.15. The number of benzene rings is 2. The molecule has 1 atom stereocenters. The van der Waals surface area contributed by atoms with Crippen LogP contribution in [0.1, 0.15) is 66.8 Å². The summed E-state index contributed by atoms with van der Waals surface area (Å²) in [5.41, 5.74) is 15.4. The Bertz CT molecular complexity index is 1630. The van der Waals surface area contributed by atoms with Crippen LogP contribution in [0.4, 0.5) is 0 Å². The van der Waals surface area contributed by atoms with Crippen LogP contribution in [0.25, 0.3) is 22.2 Å². The maximum absolute atomic E-state index is 13.6. The SMILES string of the molecule is Cc1cc(C)cc(-c2[nH]c3ccc(C(C)(C)C(=O)N4CCCC4)cc3c2CCN=C(N)N2CCC(c3ccncc3)C2)c1. The zero-order valence-electron chi connectivity index (χ0n) is 26.0. The molecule has 4 heterocycles. The number of aliphatic imine (C=N–C) groups is 1. The molecule has 6 rings (SSSR count). The van der Waals surface area contributed by atoms with E-state index in [-0.39, 0.29) is 5.91 Å². The lowest BCUT2D eigenvalue weighted by molar-refractivity contribution is -0.135. The van der Waals surface area contributed by atoms with E-state index in [4.69, 9.17) is 10.7 Å². The van der Waals surface area contributed by atoms with Gasteiger partial charge in [-0.3, -0.25) is 14.8 Å². The Labute approximate surface area is 255 Å². The van der Waals surface area contributed by atoms with E-state index < -0.39 is 5.41 Å². The molecule has 0 spiro atoms. The van der Waals surface area contributed by atoms with Crippen molar-refractivity contribution in [1.29, 1.82) is 0 Å². The number of nitrogens with two attached hydrogens (primary N) is 1. The van der Waals surface area contributed by atoms with Gasteiger partial charge in [-0.25, -0.2) is 0 Å². The second-order valence-corrected chi connectivity index (χ2v) is 12.9. The molecule has 1 amide bonds. The predicted molar refractivity (Wildman–Crippen MR) is 175 cm³/mol. The molecule has 0 aliphatic carbocycles. The van der Waals surface area contributed by atoms with Crippen LogP contribution >= 0.6 is 0 Å². The minimum absolute atomic E-state index is 0.212. The Morgan fingerprint density at radius 2 is 1.72 bits per heavy atom. The van der Waals surface area contributed by atoms with E-state index >= 15 is 0 Å². The number of fused-ring (bicyclic) bond motifs is 1. The largest absolute Gasteiger partial charge is 0.370 e. The number of carbonyl (C=O) groups excluding carboxylic acids is 1. The molecular formula is C36H44N6O. The second-order valence-electron chi connectivity index (χ2n) is 12.9. The first kappa shape index (κ1) is 29.0. The Hall–Kier alpha value is -4.13. The number of aromatic nitrogens is 2. The van der Waals surface area contributed by atoms with E-state index in [0.29, 0.717) is 18.4 Å². The third-order valence-corrected chi connectivity index (χ3v) is 9.39. The summed E-state index contributed by atoms with van der Waals surface area (Å²) >= 11 is 0. The number of hydrogen-bond donors (Lipinski definition) is 2. The van der Waals surface area contributed by atoms with Gasteiger partial charge in [-0.15, -0.1) is 0 Å². The molecule has 0 saturated carbocycles. The summed E-state index contributed by atoms with van der Waals surface area (Å²) in [7, 11) is 0. The number of hydrogen-bond acceptors (Lipinski definition) is 3. The molecule has 2 aliphatic heterocycles. The Morgan fingerprint density at radius 1 is 1.00 bits per heavy atom. The van der Waals surface area contributed by atoms with E-state index in [1.165, 1.54) is 27.8 Å². The molecule has 0 radical (unpaired) electrons. The topological polar surface area (TPSA) is 90.6 Å². The number of aryl methyl sites for hydroxylation is 2. The van der Waals surface area contributed by atoms with Crippen molar-refractivity contribution in [1.82, 2.24) is 19.8 Å². The summed E-state index contributed by atoms with van der Waals surface area (Å²) in [5.74, 6) is 1.28. The van der Waals surface area contributed by atoms with Crippen LogP contribution in [0.3, 0.4) is 0 Å². The zero-order chi connectivity index (χ0) is 30.1. The number of nitrogens with zero attached hydrogens (tertiary/aromatic N) is 4. The Morgan fingerprint density at radius 3 is 2.44 bits per heavy atom. The lowest BCUT2D eigenvalue weighted by Crippen LogP contribution is -2.41. The highest BCUT2D eigenvalue weighted by molar-refractivity contribution is 5.94. The third-order valence-electron chi connectivity index (χ3n) is 9.39. The number of amides is 1. The van der Waals surface area contributed by atoms with Gasteiger partial charge < -0.3 is 20.5 Å². The van der Waals surface area contributed by atoms with Crippen LogP contribution in [0.2, 0.25) is 0 Å². The van der Waals surface area contributed by atoms with Crippen molar-refractivity contribution in [2.24, 2.45) is 10.7 Å². The maximum Gasteiger partial charge on any atom is 0.232 e. The van der Waals surface area contributed by atoms with Gasteiger partial charge in [-0.05, 0) is 112 Å². The number of carbonyl (C=O) groups is 1. The highest BCUT2D eigenvalue weighted by Crippen LogP contribution is 2.36. The van der Waals surface area contributed by atoms with Gasteiger partial charge in [0.05, 0.1) is 5.41 Å². The summed E-state index contributed by atoms with van der Waals surface area (Å²) in [6.45, 7) is 12.5. The van der Waals surface area contributed by atoms with Gasteiger partial charge in [0, 0.05) is 67.6 Å². The molecule has 2 fully saturated rings. The molecule has 7 heteroatoms. The zero-order valence-corrected chi connectivity index (χ0v) is 26.0. The minimum atomic E-state index is -0.600. The molecule has 0 bridgehead atoms. The maximum atomic E-state index is 13.6. The number of guanidine groups is 1. The second kappa shape index (κ2) is 11.9. The minimum Gasteiger partial charge on any atom is -0.370 e. The van der Waals surface area contributed by atoms with Gasteiger partial charge in [0.1, 0.15) is 0 Å². The van der Waals surface area contributed by atoms with Gasteiger partial charge in [0.15, 0.2) is 5.96 Å². The fourth-order valence-corrected chi connectivity index (χ4v) is 6.96. The van der Waals surface area contributed by atoms with Crippen molar-refractivity contribution in [3.05, 3.63) is 88.7 Å². The highest BCUT2D eigenvalue weighted by Gasteiger charge is 2.35. The fourth-order valence-electron chi connectivity index (χ4n) is 6.96. The highest BCUT2D eigenvalue weighted by atomic mass is 16.2. The summed E-state index contributed by atoms with van der Waals surface area (Å²) in [6.07, 6.45) is 7.71. The van der Waals surface area contributed by atoms with Crippen molar-refractivity contribution >= 4 is 22.8 Å². The van der Waals surface area contributed by atoms with Gasteiger partial charge >= 0.3 is 0 Å². The van der Waals surface area contributed by atoms with Crippen LogP contribution in [0, 0.1) is 13.8 Å². The van der Waals surface area contributed by atoms with Crippen molar-refractivity contribution < 1.29 is 4.79 Å². The number of rotatable bonds is 7. The van der Waals surface area contributed by atoms with E-state index in [0.717, 1.165) is 74.0 Å². The molecule has 2 aromatic heterocycles. The number of pyridine rings is 1. The normalized spacial score (nSPS) is 17.8. The molecule has 4 aromatic rings. The van der Waals surface area contributed by atoms with Crippen LogP contribution in [0.5, 0.6) is 0 Å². The molecular weight excluding hydrogens is 532 g/mol. The van der Waals surface area contributed by atoms with Gasteiger partial charge in [-0.1, -0.05) is 23.3 Å². The molecule has 2 saturated heterocycles. The number of likely N-dealkylation sites (tertiary alicyclic amines) is 2. The summed E-state index contributed by atoms with van der Waals surface area (Å²) in [4.78, 5) is 30.5. The van der Waals surface area contributed by atoms with Gasteiger partial charge in [0.25, 0.3) is 0 Å². The van der Waals surface area contributed by atoms with Gasteiger partial charge in [-0.2, -0.15) is 0 Å². The summed E-state index contributed by atoms with van der Waals surface area (Å²) < 4.78 is 0. The quantitative estimate of drug-likeness (QED) is 0.206. The number of nitrogens with one attached hydrogen (secondary N) is 1. The smallest absolute Gasteiger partial charge is 0.232 e. The monoisotopic (exact) mass is 576 g/mol. The number of aromatic amines is 1. The standard InChI is InChI=1S/C36H44N6O/c1-24-19-25(2)21-28(20-24)33-30(11-15-39-35(37)42-18-12-27(23-42)26-9-13-38-14-10-26)31-22-29(7-8-32(31)40-33)36(3,4)34(43)41-16-5-6-17-41/h7-10,13-14,19-22,27,40H,5-6,11-12,15-18,23H2,1-4H3,(H2,37,39). The first-order chi connectivity index (χ1) is 20.7. The molecule has 7 nitrogen and oxygen atoms in total. The van der Waals surface area contributed by atoms with Crippen LogP contribution < -0.4 is 5.73 Å². The molecule has 224 valence electrons. The fraction of sp³-hybridized carbons (Fsp3) is 0.417. The first-order valence-electron chi connectivity index (χ1n) is 15.7. The number of H-pyrrole nitrogens is 1. The van der Waals surface area contributed by atoms with E-state index in [1.54, 1.807) is 0 Å². The van der Waals surface area contributed by atoms with Crippen molar-refractivity contribution in [3.63, 3.8) is 0 Å². The third kappa shape index (κ3) is 5.90. The molecule has 1 unspecified atom stereocenters. The van der Waals surface area contributed by atoms with Crippen LogP contribution in [-0.4, -0.2) is 64.4 Å². The molecule has 2 aliphatic rings.